The summed E-state index contributed by atoms with van der Waals surface area (Å²) in [6.45, 7) is 0.205. The van der Waals surface area contributed by atoms with E-state index in [9.17, 15) is 0 Å². The van der Waals surface area contributed by atoms with Crippen LogP contribution in [0.4, 0.5) is 5.69 Å². The molecule has 0 unspecified atom stereocenters. The van der Waals surface area contributed by atoms with Crippen LogP contribution in [0.2, 0.25) is 0 Å². The fourth-order valence-corrected chi connectivity index (χ4v) is 3.52. The van der Waals surface area contributed by atoms with Crippen LogP contribution in [0, 0.1) is 0 Å². The molecule has 0 amide bonds. The summed E-state index contributed by atoms with van der Waals surface area (Å²) >= 11 is 1.69. The number of benzene rings is 2. The summed E-state index contributed by atoms with van der Waals surface area (Å²) in [7, 11) is 0. The first kappa shape index (κ1) is 14.0. The summed E-state index contributed by atoms with van der Waals surface area (Å²) in [6.07, 6.45) is 3.63. The molecule has 0 aliphatic rings. The molecular formula is C17H18N2OS. The highest BCUT2D eigenvalue weighted by Crippen LogP contribution is 2.39. The third kappa shape index (κ3) is 2.91. The lowest BCUT2D eigenvalue weighted by Crippen LogP contribution is -1.92. The molecule has 21 heavy (non-hydrogen) atoms. The van der Waals surface area contributed by atoms with E-state index in [2.05, 4.69) is 17.1 Å². The Morgan fingerprint density at radius 3 is 2.67 bits per heavy atom. The minimum absolute atomic E-state index is 0.205. The maximum absolute atomic E-state index is 9.06. The second-order valence-electron chi connectivity index (χ2n) is 4.96. The molecule has 0 fully saturated rings. The van der Waals surface area contributed by atoms with Crippen molar-refractivity contribution in [2.75, 3.05) is 12.3 Å². The summed E-state index contributed by atoms with van der Waals surface area (Å²) in [5.41, 5.74) is 9.31. The van der Waals surface area contributed by atoms with Gasteiger partial charge in [-0.25, -0.2) is 0 Å². The highest BCUT2D eigenvalue weighted by atomic mass is 32.2. The Labute approximate surface area is 128 Å². The van der Waals surface area contributed by atoms with Crippen LogP contribution in [0.5, 0.6) is 0 Å². The third-order valence-electron chi connectivity index (χ3n) is 3.48. The molecule has 0 atom stereocenters. The van der Waals surface area contributed by atoms with Crippen molar-refractivity contribution in [3.63, 3.8) is 0 Å². The van der Waals surface area contributed by atoms with Crippen molar-refractivity contribution in [3.8, 4) is 0 Å². The monoisotopic (exact) mass is 298 g/mol. The molecule has 0 saturated heterocycles. The molecular weight excluding hydrogens is 280 g/mol. The van der Waals surface area contributed by atoms with E-state index in [0.29, 0.717) is 0 Å². The molecule has 1 heterocycles. The van der Waals surface area contributed by atoms with Crippen molar-refractivity contribution >= 4 is 28.4 Å². The minimum atomic E-state index is 0.205. The number of aliphatic hydroxyl groups excluding tert-OH is 1. The summed E-state index contributed by atoms with van der Waals surface area (Å²) in [6, 6.07) is 14.2. The SMILES string of the molecule is Nc1ccc2[nH]cc(CCCO)c2c1Sc1ccccc1. The Morgan fingerprint density at radius 1 is 1.10 bits per heavy atom. The quantitative estimate of drug-likeness (QED) is 0.627. The highest BCUT2D eigenvalue weighted by Gasteiger charge is 2.12. The van der Waals surface area contributed by atoms with E-state index in [1.165, 1.54) is 15.8 Å². The molecule has 0 bridgehead atoms. The predicted octanol–water partition coefficient (Wildman–Crippen LogP) is 3.83. The molecule has 0 radical (unpaired) electrons. The number of aliphatic hydroxyl groups is 1. The first-order valence-electron chi connectivity index (χ1n) is 7.02. The topological polar surface area (TPSA) is 62.0 Å². The van der Waals surface area contributed by atoms with E-state index in [-0.39, 0.29) is 6.61 Å². The fraction of sp³-hybridized carbons (Fsp3) is 0.176. The second kappa shape index (κ2) is 6.24. The zero-order valence-electron chi connectivity index (χ0n) is 11.7. The minimum Gasteiger partial charge on any atom is -0.398 e. The standard InChI is InChI=1S/C17H18N2OS/c18-14-8-9-15-16(12(11-19-15)5-4-10-20)17(14)21-13-6-2-1-3-7-13/h1-3,6-9,11,19-20H,4-5,10,18H2. The van der Waals surface area contributed by atoms with Gasteiger partial charge in [-0.15, -0.1) is 0 Å². The van der Waals surface area contributed by atoms with Crippen molar-refractivity contribution in [3.05, 3.63) is 54.2 Å². The normalized spacial score (nSPS) is 11.1. The zero-order valence-corrected chi connectivity index (χ0v) is 12.5. The lowest BCUT2D eigenvalue weighted by atomic mass is 10.1. The number of aromatic nitrogens is 1. The first-order chi connectivity index (χ1) is 10.3. The fourth-order valence-electron chi connectivity index (χ4n) is 2.46. The first-order valence-corrected chi connectivity index (χ1v) is 7.83. The number of nitrogen functional groups attached to an aromatic ring is 1. The number of fused-ring (bicyclic) bond motifs is 1. The van der Waals surface area contributed by atoms with Gasteiger partial charge in [0, 0.05) is 39.2 Å². The van der Waals surface area contributed by atoms with Gasteiger partial charge in [0.25, 0.3) is 0 Å². The lowest BCUT2D eigenvalue weighted by Gasteiger charge is -2.09. The molecule has 108 valence electrons. The molecule has 0 aliphatic heterocycles. The Bertz CT molecular complexity index is 737. The van der Waals surface area contributed by atoms with E-state index in [1.54, 1.807) is 11.8 Å². The maximum Gasteiger partial charge on any atom is 0.0469 e. The van der Waals surface area contributed by atoms with Gasteiger partial charge in [-0.1, -0.05) is 30.0 Å². The van der Waals surface area contributed by atoms with Gasteiger partial charge in [0.1, 0.15) is 0 Å². The van der Waals surface area contributed by atoms with Gasteiger partial charge >= 0.3 is 0 Å². The number of aryl methyl sites for hydroxylation is 1. The van der Waals surface area contributed by atoms with E-state index in [4.69, 9.17) is 10.8 Å². The van der Waals surface area contributed by atoms with Gasteiger partial charge in [-0.05, 0) is 42.7 Å². The smallest absolute Gasteiger partial charge is 0.0469 e. The average Bonchev–Trinajstić information content (AvgIpc) is 2.92. The van der Waals surface area contributed by atoms with Gasteiger partial charge < -0.3 is 15.8 Å². The Balaban J connectivity index is 2.06. The zero-order chi connectivity index (χ0) is 14.7. The number of hydrogen-bond acceptors (Lipinski definition) is 3. The molecule has 2 aromatic carbocycles. The number of aromatic amines is 1. The Kier molecular flexibility index (Phi) is 4.18. The predicted molar refractivity (Wildman–Crippen MR) is 88.7 cm³/mol. The van der Waals surface area contributed by atoms with Crippen LogP contribution in [-0.2, 0) is 6.42 Å². The lowest BCUT2D eigenvalue weighted by molar-refractivity contribution is 0.289. The van der Waals surface area contributed by atoms with Crippen molar-refractivity contribution < 1.29 is 5.11 Å². The van der Waals surface area contributed by atoms with Gasteiger partial charge in [-0.3, -0.25) is 0 Å². The number of anilines is 1. The highest BCUT2D eigenvalue weighted by molar-refractivity contribution is 7.99. The molecule has 0 saturated carbocycles. The molecule has 0 aliphatic carbocycles. The van der Waals surface area contributed by atoms with E-state index < -0.39 is 0 Å². The number of rotatable bonds is 5. The number of nitrogens with two attached hydrogens (primary N) is 1. The molecule has 3 nitrogen and oxygen atoms in total. The van der Waals surface area contributed by atoms with Gasteiger partial charge in [-0.2, -0.15) is 0 Å². The van der Waals surface area contributed by atoms with Crippen LogP contribution in [0.15, 0.2) is 58.5 Å². The van der Waals surface area contributed by atoms with E-state index >= 15 is 0 Å². The van der Waals surface area contributed by atoms with E-state index in [0.717, 1.165) is 28.9 Å². The number of hydrogen-bond donors (Lipinski definition) is 3. The molecule has 4 heteroatoms. The van der Waals surface area contributed by atoms with Gasteiger partial charge in [0.2, 0.25) is 0 Å². The van der Waals surface area contributed by atoms with Crippen LogP contribution in [0.3, 0.4) is 0 Å². The number of H-pyrrole nitrogens is 1. The summed E-state index contributed by atoms with van der Waals surface area (Å²) in [5.74, 6) is 0. The summed E-state index contributed by atoms with van der Waals surface area (Å²) in [4.78, 5) is 5.56. The van der Waals surface area contributed by atoms with Crippen molar-refractivity contribution in [2.45, 2.75) is 22.6 Å². The molecule has 4 N–H and O–H groups in total. The van der Waals surface area contributed by atoms with Crippen LogP contribution >= 0.6 is 11.8 Å². The van der Waals surface area contributed by atoms with Crippen molar-refractivity contribution in [2.24, 2.45) is 0 Å². The van der Waals surface area contributed by atoms with Gasteiger partial charge in [0.05, 0.1) is 0 Å². The number of nitrogens with one attached hydrogen (secondary N) is 1. The third-order valence-corrected chi connectivity index (χ3v) is 4.63. The van der Waals surface area contributed by atoms with Gasteiger partial charge in [0.15, 0.2) is 0 Å². The van der Waals surface area contributed by atoms with E-state index in [1.807, 2.05) is 36.5 Å². The van der Waals surface area contributed by atoms with Crippen molar-refractivity contribution in [1.29, 1.82) is 0 Å². The summed E-state index contributed by atoms with van der Waals surface area (Å²) in [5, 5.41) is 10.2. The molecule has 1 aromatic heterocycles. The molecule has 3 rings (SSSR count). The van der Waals surface area contributed by atoms with Crippen LogP contribution in [0.25, 0.3) is 10.9 Å². The Hall–Kier alpha value is -1.91. The average molecular weight is 298 g/mol. The van der Waals surface area contributed by atoms with Crippen molar-refractivity contribution in [1.82, 2.24) is 4.98 Å². The summed E-state index contributed by atoms with van der Waals surface area (Å²) < 4.78 is 0. The Morgan fingerprint density at radius 2 is 1.90 bits per heavy atom. The van der Waals surface area contributed by atoms with Crippen LogP contribution < -0.4 is 5.73 Å². The maximum atomic E-state index is 9.06. The molecule has 3 aromatic rings. The van der Waals surface area contributed by atoms with Crippen LogP contribution in [-0.4, -0.2) is 16.7 Å². The van der Waals surface area contributed by atoms with Crippen LogP contribution in [0.1, 0.15) is 12.0 Å². The largest absolute Gasteiger partial charge is 0.398 e. The second-order valence-corrected chi connectivity index (χ2v) is 6.05. The molecule has 0 spiro atoms.